The summed E-state index contributed by atoms with van der Waals surface area (Å²) in [5.74, 6) is 0.892. The Balaban J connectivity index is 2.12. The molecule has 4 nitrogen and oxygen atoms in total. The van der Waals surface area contributed by atoms with Crippen LogP contribution in [0.4, 0.5) is 0 Å². The molecule has 2 rings (SSSR count). The summed E-state index contributed by atoms with van der Waals surface area (Å²) < 4.78 is 5.47. The molecule has 0 aliphatic carbocycles. The maximum Gasteiger partial charge on any atom is 0.122 e. The Morgan fingerprint density at radius 1 is 1.33 bits per heavy atom. The molecule has 2 N–H and O–H groups in total. The van der Waals surface area contributed by atoms with E-state index in [1.807, 2.05) is 44.3 Å². The van der Waals surface area contributed by atoms with Crippen LogP contribution in [-0.4, -0.2) is 23.0 Å². The molecular weight excluding hydrogens is 226 g/mol. The van der Waals surface area contributed by atoms with Gasteiger partial charge in [-0.05, 0) is 38.2 Å². The molecule has 0 amide bonds. The van der Waals surface area contributed by atoms with Crippen LogP contribution in [0.5, 0.6) is 0 Å². The quantitative estimate of drug-likeness (QED) is 0.877. The zero-order chi connectivity index (χ0) is 13.0. The van der Waals surface area contributed by atoms with Crippen molar-refractivity contribution < 1.29 is 4.42 Å². The molecule has 2 atom stereocenters. The highest BCUT2D eigenvalue weighted by atomic mass is 16.3. The second-order valence-corrected chi connectivity index (χ2v) is 4.56. The maximum absolute atomic E-state index is 6.06. The molecule has 0 spiro atoms. The van der Waals surface area contributed by atoms with Crippen molar-refractivity contribution in [3.05, 3.63) is 54.2 Å². The molecule has 0 aromatic carbocycles. The van der Waals surface area contributed by atoms with E-state index in [-0.39, 0.29) is 12.1 Å². The zero-order valence-electron chi connectivity index (χ0n) is 10.8. The maximum atomic E-state index is 6.06. The molecule has 2 unspecified atom stereocenters. The van der Waals surface area contributed by atoms with E-state index < -0.39 is 0 Å². The summed E-state index contributed by atoms with van der Waals surface area (Å²) in [5, 5.41) is 0. The van der Waals surface area contributed by atoms with Crippen molar-refractivity contribution >= 4 is 0 Å². The summed E-state index contributed by atoms with van der Waals surface area (Å²) in [6.45, 7) is 2.73. The van der Waals surface area contributed by atoms with Gasteiger partial charge in [-0.25, -0.2) is 0 Å². The van der Waals surface area contributed by atoms with Crippen molar-refractivity contribution in [3.8, 4) is 0 Å². The number of rotatable bonds is 5. The summed E-state index contributed by atoms with van der Waals surface area (Å²) >= 11 is 0. The normalized spacial score (nSPS) is 14.7. The first kappa shape index (κ1) is 12.8. The Morgan fingerprint density at radius 3 is 2.72 bits per heavy atom. The number of hydrogen-bond acceptors (Lipinski definition) is 4. The summed E-state index contributed by atoms with van der Waals surface area (Å²) in [7, 11) is 2.03. The van der Waals surface area contributed by atoms with Gasteiger partial charge in [0.05, 0.1) is 18.0 Å². The average molecular weight is 245 g/mol. The minimum absolute atomic E-state index is 0.00939. The van der Waals surface area contributed by atoms with E-state index in [1.165, 1.54) is 0 Å². The molecule has 2 heterocycles. The molecule has 0 saturated heterocycles. The van der Waals surface area contributed by atoms with Crippen LogP contribution in [0, 0.1) is 0 Å². The number of likely N-dealkylation sites (N-methyl/N-ethyl adjacent to an activating group) is 1. The number of nitrogens with two attached hydrogens (primary N) is 1. The van der Waals surface area contributed by atoms with Gasteiger partial charge in [0.25, 0.3) is 0 Å². The Hall–Kier alpha value is -1.65. The smallest absolute Gasteiger partial charge is 0.122 e. The molecule has 2 aromatic rings. The van der Waals surface area contributed by atoms with Crippen molar-refractivity contribution in [1.29, 1.82) is 0 Å². The predicted octanol–water partition coefficient (Wildman–Crippen LogP) is 2.19. The largest absolute Gasteiger partial charge is 0.468 e. The molecule has 0 aliphatic heterocycles. The third-order valence-electron chi connectivity index (χ3n) is 2.95. The summed E-state index contributed by atoms with van der Waals surface area (Å²) in [6.07, 6.45) is 3.48. The summed E-state index contributed by atoms with van der Waals surface area (Å²) in [6, 6.07) is 9.81. The topological polar surface area (TPSA) is 55.3 Å². The Kier molecular flexibility index (Phi) is 4.12. The van der Waals surface area contributed by atoms with E-state index >= 15 is 0 Å². The van der Waals surface area contributed by atoms with E-state index in [0.717, 1.165) is 18.0 Å². The van der Waals surface area contributed by atoms with Crippen molar-refractivity contribution in [3.63, 3.8) is 0 Å². The lowest BCUT2D eigenvalue weighted by Gasteiger charge is -2.29. The molecular formula is C14H19N3O. The number of hydrogen-bond donors (Lipinski definition) is 1. The fourth-order valence-electron chi connectivity index (χ4n) is 2.18. The van der Waals surface area contributed by atoms with Gasteiger partial charge < -0.3 is 10.2 Å². The predicted molar refractivity (Wildman–Crippen MR) is 70.8 cm³/mol. The fraction of sp³-hybridized carbons (Fsp3) is 0.357. The number of aromatic nitrogens is 1. The van der Waals surface area contributed by atoms with Gasteiger partial charge in [0, 0.05) is 18.8 Å². The van der Waals surface area contributed by atoms with Crippen LogP contribution in [0.2, 0.25) is 0 Å². The van der Waals surface area contributed by atoms with Gasteiger partial charge in [0.2, 0.25) is 0 Å². The summed E-state index contributed by atoms with van der Waals surface area (Å²) in [4.78, 5) is 6.49. The van der Waals surface area contributed by atoms with Crippen LogP contribution in [0.25, 0.3) is 0 Å². The van der Waals surface area contributed by atoms with Crippen LogP contribution < -0.4 is 5.73 Å². The van der Waals surface area contributed by atoms with Crippen LogP contribution in [0.15, 0.2) is 47.2 Å². The Morgan fingerprint density at radius 2 is 2.17 bits per heavy atom. The van der Waals surface area contributed by atoms with Crippen LogP contribution in [-0.2, 0) is 6.54 Å². The molecule has 18 heavy (non-hydrogen) atoms. The first-order valence-electron chi connectivity index (χ1n) is 6.07. The SMILES string of the molecule is CC(N)C(c1ccco1)N(C)Cc1ccccn1. The molecule has 96 valence electrons. The minimum Gasteiger partial charge on any atom is -0.468 e. The lowest BCUT2D eigenvalue weighted by molar-refractivity contribution is 0.182. The molecule has 2 aromatic heterocycles. The second-order valence-electron chi connectivity index (χ2n) is 4.56. The van der Waals surface area contributed by atoms with Gasteiger partial charge in [-0.2, -0.15) is 0 Å². The average Bonchev–Trinajstić information content (AvgIpc) is 2.83. The van der Waals surface area contributed by atoms with Gasteiger partial charge in [-0.15, -0.1) is 0 Å². The standard InChI is InChI=1S/C14H19N3O/c1-11(15)14(13-7-5-9-18-13)17(2)10-12-6-3-4-8-16-12/h3-9,11,14H,10,15H2,1-2H3. The molecule has 0 aliphatic rings. The van der Waals surface area contributed by atoms with Gasteiger partial charge in [-0.3, -0.25) is 9.88 Å². The molecule has 4 heteroatoms. The van der Waals surface area contributed by atoms with E-state index in [9.17, 15) is 0 Å². The lowest BCUT2D eigenvalue weighted by atomic mass is 10.1. The van der Waals surface area contributed by atoms with Gasteiger partial charge >= 0.3 is 0 Å². The van der Waals surface area contributed by atoms with Crippen molar-refractivity contribution in [2.75, 3.05) is 7.05 Å². The van der Waals surface area contributed by atoms with Crippen LogP contribution in [0.3, 0.4) is 0 Å². The van der Waals surface area contributed by atoms with E-state index in [2.05, 4.69) is 9.88 Å². The number of pyridine rings is 1. The van der Waals surface area contributed by atoms with E-state index in [0.29, 0.717) is 0 Å². The van der Waals surface area contributed by atoms with Crippen LogP contribution >= 0.6 is 0 Å². The highest BCUT2D eigenvalue weighted by Gasteiger charge is 2.23. The van der Waals surface area contributed by atoms with Crippen molar-refractivity contribution in [2.45, 2.75) is 25.6 Å². The van der Waals surface area contributed by atoms with Gasteiger partial charge in [-0.1, -0.05) is 6.07 Å². The third kappa shape index (κ3) is 2.97. The monoisotopic (exact) mass is 245 g/mol. The van der Waals surface area contributed by atoms with Crippen molar-refractivity contribution in [1.82, 2.24) is 9.88 Å². The Labute approximate surface area is 107 Å². The molecule has 0 fully saturated rings. The number of furan rings is 1. The van der Waals surface area contributed by atoms with E-state index in [1.54, 1.807) is 12.5 Å². The number of nitrogens with zero attached hydrogens (tertiary/aromatic N) is 2. The molecule has 0 saturated carbocycles. The minimum atomic E-state index is -0.00939. The molecule has 0 radical (unpaired) electrons. The van der Waals surface area contributed by atoms with Gasteiger partial charge in [0.15, 0.2) is 0 Å². The third-order valence-corrected chi connectivity index (χ3v) is 2.95. The van der Waals surface area contributed by atoms with Crippen molar-refractivity contribution in [2.24, 2.45) is 5.73 Å². The zero-order valence-corrected chi connectivity index (χ0v) is 10.8. The first-order valence-corrected chi connectivity index (χ1v) is 6.07. The fourth-order valence-corrected chi connectivity index (χ4v) is 2.18. The Bertz CT molecular complexity index is 453. The highest BCUT2D eigenvalue weighted by Crippen LogP contribution is 2.23. The van der Waals surface area contributed by atoms with Crippen LogP contribution in [0.1, 0.15) is 24.4 Å². The second kappa shape index (κ2) is 5.80. The van der Waals surface area contributed by atoms with E-state index in [4.69, 9.17) is 10.2 Å². The molecule has 0 bridgehead atoms. The summed E-state index contributed by atoms with van der Waals surface area (Å²) in [5.41, 5.74) is 7.09. The van der Waals surface area contributed by atoms with Gasteiger partial charge in [0.1, 0.15) is 5.76 Å². The lowest BCUT2D eigenvalue weighted by Crippen LogP contribution is -2.36. The first-order chi connectivity index (χ1) is 8.68. The highest BCUT2D eigenvalue weighted by molar-refractivity contribution is 5.09.